The van der Waals surface area contributed by atoms with Gasteiger partial charge in [0.2, 0.25) is 5.91 Å². The van der Waals surface area contributed by atoms with Crippen LogP contribution in [0.4, 0.5) is 5.69 Å². The monoisotopic (exact) mass is 231 g/mol. The van der Waals surface area contributed by atoms with Gasteiger partial charge in [0.25, 0.3) is 0 Å². The molecule has 0 radical (unpaired) electrons. The highest BCUT2D eigenvalue weighted by molar-refractivity contribution is 5.97. The average molecular weight is 231 g/mol. The summed E-state index contributed by atoms with van der Waals surface area (Å²) in [5, 5.41) is 0. The predicted octanol–water partition coefficient (Wildman–Crippen LogP) is 3.50. The molecule has 0 bridgehead atoms. The van der Waals surface area contributed by atoms with Crippen LogP contribution >= 0.6 is 0 Å². The summed E-state index contributed by atoms with van der Waals surface area (Å²) >= 11 is 0. The van der Waals surface area contributed by atoms with E-state index >= 15 is 0 Å². The van der Waals surface area contributed by atoms with Crippen LogP contribution in [0.5, 0.6) is 0 Å². The molecule has 0 aliphatic carbocycles. The number of carbonyl (C=O) groups is 1. The topological polar surface area (TPSA) is 20.3 Å². The molecule has 0 aromatic heterocycles. The number of hydrogen-bond donors (Lipinski definition) is 0. The minimum absolute atomic E-state index is 0.240. The van der Waals surface area contributed by atoms with Crippen LogP contribution in [0, 0.1) is 0 Å². The third-order valence-electron chi connectivity index (χ3n) is 3.43. The van der Waals surface area contributed by atoms with Crippen molar-refractivity contribution < 1.29 is 4.79 Å². The van der Waals surface area contributed by atoms with E-state index in [4.69, 9.17) is 0 Å². The molecule has 0 fully saturated rings. The highest BCUT2D eigenvalue weighted by Gasteiger charge is 2.26. The lowest BCUT2D eigenvalue weighted by Crippen LogP contribution is -2.40. The van der Waals surface area contributed by atoms with Crippen LogP contribution in [0.25, 0.3) is 0 Å². The molecule has 2 heteroatoms. The van der Waals surface area contributed by atoms with Crippen LogP contribution in [0.15, 0.2) is 18.2 Å². The van der Waals surface area contributed by atoms with Gasteiger partial charge in [-0.3, -0.25) is 4.79 Å². The summed E-state index contributed by atoms with van der Waals surface area (Å²) in [6.07, 6.45) is 1.53. The lowest BCUT2D eigenvalue weighted by atomic mass is 9.94. The van der Waals surface area contributed by atoms with Gasteiger partial charge in [-0.25, -0.2) is 0 Å². The first-order chi connectivity index (χ1) is 8.00. The fraction of sp³-hybridized carbons (Fsp3) is 0.533. The van der Waals surface area contributed by atoms with Crippen molar-refractivity contribution >= 4 is 11.6 Å². The molecule has 1 amide bonds. The zero-order valence-corrected chi connectivity index (χ0v) is 11.2. The van der Waals surface area contributed by atoms with Crippen molar-refractivity contribution in [2.24, 2.45) is 0 Å². The Hall–Kier alpha value is -1.31. The minimum atomic E-state index is 0.240. The van der Waals surface area contributed by atoms with E-state index in [1.54, 1.807) is 0 Å². The van der Waals surface area contributed by atoms with Gasteiger partial charge in [-0.2, -0.15) is 0 Å². The summed E-state index contributed by atoms with van der Waals surface area (Å²) in [7, 11) is 0. The lowest BCUT2D eigenvalue weighted by molar-refractivity contribution is -0.119. The number of nitrogens with zero attached hydrogens (tertiary/aromatic N) is 1. The molecular formula is C15H21NO. The highest BCUT2D eigenvalue weighted by Crippen LogP contribution is 2.32. The molecule has 1 aliphatic rings. The molecule has 1 heterocycles. The summed E-state index contributed by atoms with van der Waals surface area (Å²) in [5.41, 5.74) is 3.74. The second-order valence-corrected chi connectivity index (χ2v) is 5.40. The fourth-order valence-corrected chi connectivity index (χ4v) is 2.44. The van der Waals surface area contributed by atoms with Gasteiger partial charge in [0, 0.05) is 18.2 Å². The number of hydrogen-bond acceptors (Lipinski definition) is 1. The molecule has 0 N–H and O–H groups in total. The van der Waals surface area contributed by atoms with Gasteiger partial charge in [0.05, 0.1) is 0 Å². The first kappa shape index (κ1) is 12.2. The third kappa shape index (κ3) is 2.21. The van der Waals surface area contributed by atoms with E-state index in [0.717, 1.165) is 12.1 Å². The molecule has 0 saturated heterocycles. The van der Waals surface area contributed by atoms with Gasteiger partial charge >= 0.3 is 0 Å². The Kier molecular flexibility index (Phi) is 3.23. The third-order valence-corrected chi connectivity index (χ3v) is 3.43. The summed E-state index contributed by atoms with van der Waals surface area (Å²) in [6.45, 7) is 8.53. The zero-order chi connectivity index (χ0) is 12.6. The van der Waals surface area contributed by atoms with Gasteiger partial charge in [0.1, 0.15) is 0 Å². The van der Waals surface area contributed by atoms with Crippen molar-refractivity contribution in [1.29, 1.82) is 0 Å². The molecule has 1 aliphatic heterocycles. The number of carbonyl (C=O) groups excluding carboxylic acids is 1. The maximum Gasteiger partial charge on any atom is 0.227 e. The second-order valence-electron chi connectivity index (χ2n) is 5.40. The van der Waals surface area contributed by atoms with E-state index in [9.17, 15) is 4.79 Å². The highest BCUT2D eigenvalue weighted by atomic mass is 16.2. The number of benzene rings is 1. The van der Waals surface area contributed by atoms with E-state index in [1.165, 1.54) is 11.1 Å². The standard InChI is InChI=1S/C15H21NO/c1-10(2)13-6-5-12-7-8-15(17)16(11(3)4)14(12)9-13/h5-6,9-11H,7-8H2,1-4H3. The van der Waals surface area contributed by atoms with Gasteiger partial charge in [0.15, 0.2) is 0 Å². The van der Waals surface area contributed by atoms with Crippen LogP contribution in [0.3, 0.4) is 0 Å². The summed E-state index contributed by atoms with van der Waals surface area (Å²) < 4.78 is 0. The van der Waals surface area contributed by atoms with Crippen molar-refractivity contribution in [2.45, 2.75) is 52.5 Å². The maximum atomic E-state index is 12.0. The van der Waals surface area contributed by atoms with E-state index in [2.05, 4.69) is 45.9 Å². The SMILES string of the molecule is CC(C)c1ccc2c(c1)N(C(C)C)C(=O)CC2. The number of rotatable bonds is 2. The molecule has 0 atom stereocenters. The Bertz CT molecular complexity index is 435. The van der Waals surface area contributed by atoms with E-state index in [-0.39, 0.29) is 11.9 Å². The number of aryl methyl sites for hydroxylation is 1. The molecule has 2 nitrogen and oxygen atoms in total. The van der Waals surface area contributed by atoms with E-state index in [0.29, 0.717) is 12.3 Å². The first-order valence-electron chi connectivity index (χ1n) is 6.45. The molecule has 2 rings (SSSR count). The Morgan fingerprint density at radius 3 is 2.41 bits per heavy atom. The maximum absolute atomic E-state index is 12.0. The fourth-order valence-electron chi connectivity index (χ4n) is 2.44. The molecule has 1 aromatic carbocycles. The van der Waals surface area contributed by atoms with E-state index < -0.39 is 0 Å². The molecule has 0 spiro atoms. The normalized spacial score (nSPS) is 15.6. The summed E-state index contributed by atoms with van der Waals surface area (Å²) in [6, 6.07) is 6.81. The Balaban J connectivity index is 2.48. The largest absolute Gasteiger partial charge is 0.310 e. The zero-order valence-electron chi connectivity index (χ0n) is 11.2. The minimum Gasteiger partial charge on any atom is -0.310 e. The summed E-state index contributed by atoms with van der Waals surface area (Å²) in [4.78, 5) is 14.0. The van der Waals surface area contributed by atoms with Crippen molar-refractivity contribution in [3.8, 4) is 0 Å². The Labute approximate surface area is 104 Å². The number of fused-ring (bicyclic) bond motifs is 1. The van der Waals surface area contributed by atoms with Crippen LogP contribution in [-0.4, -0.2) is 11.9 Å². The predicted molar refractivity (Wildman–Crippen MR) is 71.5 cm³/mol. The van der Waals surface area contributed by atoms with Crippen molar-refractivity contribution in [2.75, 3.05) is 4.90 Å². The summed E-state index contributed by atoms with van der Waals surface area (Å²) in [5.74, 6) is 0.764. The van der Waals surface area contributed by atoms with E-state index in [1.807, 2.05) is 4.90 Å². The van der Waals surface area contributed by atoms with Gasteiger partial charge in [-0.1, -0.05) is 26.0 Å². The number of anilines is 1. The molecule has 0 saturated carbocycles. The lowest BCUT2D eigenvalue weighted by Gasteiger charge is -2.33. The van der Waals surface area contributed by atoms with Gasteiger partial charge in [-0.15, -0.1) is 0 Å². The molecular weight excluding hydrogens is 210 g/mol. The smallest absolute Gasteiger partial charge is 0.227 e. The average Bonchev–Trinajstić information content (AvgIpc) is 2.27. The van der Waals surface area contributed by atoms with Crippen LogP contribution in [0.2, 0.25) is 0 Å². The first-order valence-corrected chi connectivity index (χ1v) is 6.45. The Morgan fingerprint density at radius 1 is 1.12 bits per heavy atom. The van der Waals surface area contributed by atoms with Crippen molar-refractivity contribution in [3.05, 3.63) is 29.3 Å². The van der Waals surface area contributed by atoms with Crippen molar-refractivity contribution in [3.63, 3.8) is 0 Å². The van der Waals surface area contributed by atoms with Gasteiger partial charge < -0.3 is 4.90 Å². The van der Waals surface area contributed by atoms with Gasteiger partial charge in [-0.05, 0) is 43.4 Å². The Morgan fingerprint density at radius 2 is 1.82 bits per heavy atom. The molecule has 0 unspecified atom stereocenters. The van der Waals surface area contributed by atoms with Crippen LogP contribution < -0.4 is 4.90 Å². The molecule has 17 heavy (non-hydrogen) atoms. The number of amides is 1. The van der Waals surface area contributed by atoms with Crippen LogP contribution in [-0.2, 0) is 11.2 Å². The quantitative estimate of drug-likeness (QED) is 0.763. The van der Waals surface area contributed by atoms with Crippen LogP contribution in [0.1, 0.15) is 51.2 Å². The molecule has 92 valence electrons. The molecule has 1 aromatic rings. The van der Waals surface area contributed by atoms with Crippen molar-refractivity contribution in [1.82, 2.24) is 0 Å². The second kappa shape index (κ2) is 4.52.